The van der Waals surface area contributed by atoms with Crippen molar-refractivity contribution in [3.63, 3.8) is 0 Å². The highest BCUT2D eigenvalue weighted by Crippen LogP contribution is 2.21. The monoisotopic (exact) mass is 330 g/mol. The summed E-state index contributed by atoms with van der Waals surface area (Å²) in [6.45, 7) is 4.66. The maximum absolute atomic E-state index is 12.4. The Morgan fingerprint density at radius 1 is 1.08 bits per heavy atom. The molecule has 4 amide bonds. The van der Waals surface area contributed by atoms with Gasteiger partial charge in [0.1, 0.15) is 13.1 Å². The molecule has 0 N–H and O–H groups in total. The second-order valence-corrected chi connectivity index (χ2v) is 6.27. The van der Waals surface area contributed by atoms with Gasteiger partial charge in [0.05, 0.1) is 0 Å². The number of piperazine rings is 1. The van der Waals surface area contributed by atoms with Crippen molar-refractivity contribution in [2.45, 2.75) is 6.92 Å². The van der Waals surface area contributed by atoms with Crippen LogP contribution in [0, 0.1) is 6.92 Å². The Morgan fingerprint density at radius 3 is 2.33 bits per heavy atom. The van der Waals surface area contributed by atoms with Gasteiger partial charge in [0.2, 0.25) is 5.91 Å². The molecule has 0 bridgehead atoms. The smallest absolute Gasteiger partial charge is 0.327 e. The lowest BCUT2D eigenvalue weighted by Crippen LogP contribution is -2.52. The Kier molecular flexibility index (Phi) is 4.42. The lowest BCUT2D eigenvalue weighted by molar-refractivity contribution is -0.136. The Hall–Kier alpha value is -2.57. The van der Waals surface area contributed by atoms with Crippen LogP contribution in [0.1, 0.15) is 5.56 Å². The number of carbonyl (C=O) groups excluding carboxylic acids is 3. The van der Waals surface area contributed by atoms with Gasteiger partial charge in [0.25, 0.3) is 5.91 Å². The summed E-state index contributed by atoms with van der Waals surface area (Å²) in [6, 6.07) is 7.80. The van der Waals surface area contributed by atoms with Gasteiger partial charge in [-0.25, -0.2) is 4.79 Å². The van der Waals surface area contributed by atoms with Gasteiger partial charge in [-0.15, -0.1) is 0 Å². The number of hydrogen-bond donors (Lipinski definition) is 0. The Labute approximate surface area is 141 Å². The Bertz CT molecular complexity index is 668. The Balaban J connectivity index is 1.57. The number of rotatable bonds is 3. The molecule has 0 aromatic heterocycles. The van der Waals surface area contributed by atoms with Gasteiger partial charge in [0.15, 0.2) is 0 Å². The van der Waals surface area contributed by atoms with Crippen LogP contribution in [-0.2, 0) is 9.59 Å². The summed E-state index contributed by atoms with van der Waals surface area (Å²) >= 11 is 0. The van der Waals surface area contributed by atoms with Gasteiger partial charge >= 0.3 is 6.03 Å². The second-order valence-electron chi connectivity index (χ2n) is 6.27. The summed E-state index contributed by atoms with van der Waals surface area (Å²) in [5.41, 5.74) is 2.41. The first-order valence-electron chi connectivity index (χ1n) is 8.11. The summed E-state index contributed by atoms with van der Waals surface area (Å²) in [5, 5.41) is 0. The van der Waals surface area contributed by atoms with E-state index in [1.54, 1.807) is 11.9 Å². The van der Waals surface area contributed by atoms with Crippen molar-refractivity contribution in [1.29, 1.82) is 0 Å². The molecule has 0 spiro atoms. The summed E-state index contributed by atoms with van der Waals surface area (Å²) in [4.78, 5) is 42.4. The quantitative estimate of drug-likeness (QED) is 0.759. The first kappa shape index (κ1) is 16.3. The van der Waals surface area contributed by atoms with E-state index in [2.05, 4.69) is 24.0 Å². The maximum Gasteiger partial charge on any atom is 0.327 e. The number of hydrogen-bond acceptors (Lipinski definition) is 4. The van der Waals surface area contributed by atoms with E-state index in [4.69, 9.17) is 0 Å². The zero-order valence-electron chi connectivity index (χ0n) is 14.1. The predicted octanol–water partition coefficient (Wildman–Crippen LogP) is 0.538. The molecule has 0 saturated carbocycles. The van der Waals surface area contributed by atoms with Gasteiger partial charge in [-0.3, -0.25) is 14.5 Å². The van der Waals surface area contributed by atoms with Crippen LogP contribution in [0.2, 0.25) is 0 Å². The first-order valence-corrected chi connectivity index (χ1v) is 8.11. The molecule has 2 fully saturated rings. The molecule has 24 heavy (non-hydrogen) atoms. The van der Waals surface area contributed by atoms with Crippen molar-refractivity contribution in [2.24, 2.45) is 0 Å². The third kappa shape index (κ3) is 3.06. The third-order valence-electron chi connectivity index (χ3n) is 4.61. The van der Waals surface area contributed by atoms with Gasteiger partial charge in [-0.2, -0.15) is 0 Å². The van der Waals surface area contributed by atoms with E-state index < -0.39 is 6.03 Å². The lowest BCUT2D eigenvalue weighted by atomic mass is 10.1. The number of nitrogens with zero attached hydrogens (tertiary/aromatic N) is 4. The minimum Gasteiger partial charge on any atom is -0.368 e. The molecule has 0 unspecified atom stereocenters. The van der Waals surface area contributed by atoms with Crippen molar-refractivity contribution < 1.29 is 14.4 Å². The van der Waals surface area contributed by atoms with E-state index in [0.29, 0.717) is 13.1 Å². The zero-order chi connectivity index (χ0) is 17.3. The highest BCUT2D eigenvalue weighted by atomic mass is 16.2. The first-order chi connectivity index (χ1) is 11.5. The number of benzene rings is 1. The lowest BCUT2D eigenvalue weighted by Gasteiger charge is -2.37. The number of aryl methyl sites for hydroxylation is 1. The molecular formula is C17H22N4O3. The normalized spacial score (nSPS) is 18.6. The number of urea groups is 1. The molecule has 7 heteroatoms. The minimum absolute atomic E-state index is 0.0488. The molecule has 7 nitrogen and oxygen atoms in total. The van der Waals surface area contributed by atoms with Crippen LogP contribution in [0.3, 0.4) is 0 Å². The SMILES string of the molecule is Cc1ccccc1N1CCN(C(=O)CN2C(=O)CN(C)C2=O)CC1. The highest BCUT2D eigenvalue weighted by molar-refractivity contribution is 6.04. The van der Waals surface area contributed by atoms with Crippen LogP contribution < -0.4 is 4.90 Å². The summed E-state index contributed by atoms with van der Waals surface area (Å²) < 4.78 is 0. The fourth-order valence-corrected chi connectivity index (χ4v) is 3.17. The molecule has 3 rings (SSSR count). The molecule has 2 saturated heterocycles. The number of anilines is 1. The van der Waals surface area contributed by atoms with Gasteiger partial charge in [-0.1, -0.05) is 18.2 Å². The molecule has 0 aliphatic carbocycles. The summed E-state index contributed by atoms with van der Waals surface area (Å²) in [6.07, 6.45) is 0. The average molecular weight is 330 g/mol. The molecule has 2 aliphatic rings. The van der Waals surface area contributed by atoms with Crippen LogP contribution in [-0.4, -0.2) is 78.9 Å². The topological polar surface area (TPSA) is 64.2 Å². The van der Waals surface area contributed by atoms with E-state index in [-0.39, 0.29) is 24.9 Å². The number of para-hydroxylation sites is 1. The fraction of sp³-hybridized carbons (Fsp3) is 0.471. The predicted molar refractivity (Wildman–Crippen MR) is 89.7 cm³/mol. The molecule has 0 radical (unpaired) electrons. The zero-order valence-corrected chi connectivity index (χ0v) is 14.1. The summed E-state index contributed by atoms with van der Waals surface area (Å²) in [7, 11) is 1.56. The third-order valence-corrected chi connectivity index (χ3v) is 4.61. The van der Waals surface area contributed by atoms with E-state index in [0.717, 1.165) is 18.0 Å². The van der Waals surface area contributed by atoms with Crippen LogP contribution >= 0.6 is 0 Å². The van der Waals surface area contributed by atoms with Crippen molar-refractivity contribution in [1.82, 2.24) is 14.7 Å². The summed E-state index contributed by atoms with van der Waals surface area (Å²) in [5.74, 6) is -0.481. The Morgan fingerprint density at radius 2 is 1.75 bits per heavy atom. The van der Waals surface area contributed by atoms with Crippen LogP contribution in [0.4, 0.5) is 10.5 Å². The van der Waals surface area contributed by atoms with Gasteiger partial charge in [-0.05, 0) is 18.6 Å². The maximum atomic E-state index is 12.4. The van der Waals surface area contributed by atoms with Gasteiger partial charge < -0.3 is 14.7 Å². The molecule has 2 heterocycles. The standard InChI is InChI=1S/C17H22N4O3/c1-13-5-3-4-6-14(13)19-7-9-20(10-8-19)15(22)12-21-16(23)11-18(2)17(21)24/h3-6H,7-12H2,1-2H3. The molecule has 1 aromatic rings. The van der Waals surface area contributed by atoms with Gasteiger partial charge in [0, 0.05) is 38.9 Å². The van der Waals surface area contributed by atoms with Crippen molar-refractivity contribution in [2.75, 3.05) is 51.2 Å². The minimum atomic E-state index is -0.396. The van der Waals surface area contributed by atoms with E-state index in [1.165, 1.54) is 16.2 Å². The number of carbonyl (C=O) groups is 3. The van der Waals surface area contributed by atoms with Crippen molar-refractivity contribution >= 4 is 23.5 Å². The van der Waals surface area contributed by atoms with E-state index in [1.807, 2.05) is 12.1 Å². The van der Waals surface area contributed by atoms with Crippen LogP contribution in [0.25, 0.3) is 0 Å². The number of imide groups is 1. The molecule has 1 aromatic carbocycles. The largest absolute Gasteiger partial charge is 0.368 e. The fourth-order valence-electron chi connectivity index (χ4n) is 3.17. The molecule has 2 aliphatic heterocycles. The molecule has 0 atom stereocenters. The number of amides is 4. The van der Waals surface area contributed by atoms with Crippen LogP contribution in [0.5, 0.6) is 0 Å². The average Bonchev–Trinajstić information content (AvgIpc) is 2.82. The number of likely N-dealkylation sites (N-methyl/N-ethyl adjacent to an activating group) is 1. The van der Waals surface area contributed by atoms with Crippen molar-refractivity contribution in [3.8, 4) is 0 Å². The second kappa shape index (κ2) is 6.51. The molecular weight excluding hydrogens is 308 g/mol. The van der Waals surface area contributed by atoms with E-state index >= 15 is 0 Å². The van der Waals surface area contributed by atoms with Crippen LogP contribution in [0.15, 0.2) is 24.3 Å². The van der Waals surface area contributed by atoms with Crippen molar-refractivity contribution in [3.05, 3.63) is 29.8 Å². The van der Waals surface area contributed by atoms with E-state index in [9.17, 15) is 14.4 Å². The highest BCUT2D eigenvalue weighted by Gasteiger charge is 2.36. The molecule has 128 valence electrons.